The second-order valence-corrected chi connectivity index (χ2v) is 10.1. The molecular formula is C28H21ClN2O6S. The summed E-state index contributed by atoms with van der Waals surface area (Å²) < 4.78 is 24.3. The molecule has 0 saturated heterocycles. The van der Waals surface area contributed by atoms with Gasteiger partial charge in [0.15, 0.2) is 16.3 Å². The van der Waals surface area contributed by atoms with E-state index < -0.39 is 12.0 Å². The molecule has 0 bridgehead atoms. The number of carbonyl (C=O) groups excluding carboxylic acids is 1. The van der Waals surface area contributed by atoms with E-state index in [1.807, 2.05) is 24.3 Å². The summed E-state index contributed by atoms with van der Waals surface area (Å²) in [6.45, 7) is 3.79. The summed E-state index contributed by atoms with van der Waals surface area (Å²) in [5.41, 5.74) is 2.04. The third-order valence-corrected chi connectivity index (χ3v) is 7.49. The summed E-state index contributed by atoms with van der Waals surface area (Å²) in [6, 6.07) is 15.6. The summed E-state index contributed by atoms with van der Waals surface area (Å²) in [7, 11) is 0. The molecule has 2 aromatic carbocycles. The fourth-order valence-corrected chi connectivity index (χ4v) is 5.67. The number of carbonyl (C=O) groups is 1. The predicted molar refractivity (Wildman–Crippen MR) is 142 cm³/mol. The average molecular weight is 549 g/mol. The predicted octanol–water partition coefficient (Wildman–Crippen LogP) is 4.44. The van der Waals surface area contributed by atoms with Crippen molar-refractivity contribution in [2.45, 2.75) is 19.9 Å². The molecule has 0 N–H and O–H groups in total. The molecular weight excluding hydrogens is 528 g/mol. The Balaban J connectivity index is 1.47. The Morgan fingerprint density at radius 1 is 1.16 bits per heavy atom. The van der Waals surface area contributed by atoms with Crippen molar-refractivity contribution in [1.82, 2.24) is 4.57 Å². The molecule has 8 nitrogen and oxygen atoms in total. The number of allylic oxidation sites excluding steroid dienone is 1. The number of thiazole rings is 1. The molecule has 0 spiro atoms. The minimum atomic E-state index is -0.747. The van der Waals surface area contributed by atoms with Gasteiger partial charge in [0.2, 0.25) is 6.79 Å². The van der Waals surface area contributed by atoms with Crippen LogP contribution in [0.5, 0.6) is 11.5 Å². The van der Waals surface area contributed by atoms with E-state index in [4.69, 9.17) is 30.2 Å². The van der Waals surface area contributed by atoms with E-state index in [9.17, 15) is 9.59 Å². The van der Waals surface area contributed by atoms with Gasteiger partial charge in [-0.3, -0.25) is 9.36 Å². The van der Waals surface area contributed by atoms with Crippen LogP contribution < -0.4 is 24.4 Å². The molecule has 2 aliphatic rings. The molecule has 0 radical (unpaired) electrons. The molecule has 0 aliphatic carbocycles. The molecule has 4 heterocycles. The molecule has 4 aromatic rings. The maximum atomic E-state index is 13.8. The van der Waals surface area contributed by atoms with Crippen LogP contribution in [-0.4, -0.2) is 23.9 Å². The number of furan rings is 1. The topological polar surface area (TPSA) is 92.3 Å². The highest BCUT2D eigenvalue weighted by Crippen LogP contribution is 2.38. The van der Waals surface area contributed by atoms with Gasteiger partial charge in [0.25, 0.3) is 5.56 Å². The molecule has 1 atom stereocenters. The Morgan fingerprint density at radius 2 is 1.95 bits per heavy atom. The van der Waals surface area contributed by atoms with Gasteiger partial charge in [-0.1, -0.05) is 29.0 Å². The highest BCUT2D eigenvalue weighted by molar-refractivity contribution is 7.07. The van der Waals surface area contributed by atoms with Crippen LogP contribution >= 0.6 is 22.9 Å². The third kappa shape index (κ3) is 4.23. The highest BCUT2D eigenvalue weighted by atomic mass is 35.5. The zero-order valence-electron chi connectivity index (χ0n) is 20.4. The van der Waals surface area contributed by atoms with E-state index >= 15 is 0 Å². The lowest BCUT2D eigenvalue weighted by molar-refractivity contribution is -0.139. The van der Waals surface area contributed by atoms with Gasteiger partial charge in [0.05, 0.1) is 28.5 Å². The summed E-state index contributed by atoms with van der Waals surface area (Å²) in [6.07, 6.45) is 1.68. The van der Waals surface area contributed by atoms with E-state index in [-0.39, 0.29) is 19.0 Å². The lowest BCUT2D eigenvalue weighted by atomic mass is 9.95. The summed E-state index contributed by atoms with van der Waals surface area (Å²) in [5, 5.41) is 0.635. The minimum absolute atomic E-state index is 0.113. The summed E-state index contributed by atoms with van der Waals surface area (Å²) >= 11 is 7.22. The second kappa shape index (κ2) is 9.66. The number of ether oxygens (including phenoxy) is 3. The van der Waals surface area contributed by atoms with E-state index in [1.165, 1.54) is 15.9 Å². The van der Waals surface area contributed by atoms with Gasteiger partial charge in [-0.25, -0.2) is 9.79 Å². The maximum Gasteiger partial charge on any atom is 0.338 e. The number of hydrogen-bond donors (Lipinski definition) is 0. The Kier molecular flexibility index (Phi) is 6.17. The van der Waals surface area contributed by atoms with Gasteiger partial charge in [-0.2, -0.15) is 0 Å². The molecule has 0 amide bonds. The Bertz CT molecular complexity index is 1780. The van der Waals surface area contributed by atoms with Crippen LogP contribution in [0.1, 0.15) is 31.2 Å². The first kappa shape index (κ1) is 24.3. The monoisotopic (exact) mass is 548 g/mol. The van der Waals surface area contributed by atoms with Crippen LogP contribution in [0.25, 0.3) is 17.4 Å². The quantitative estimate of drug-likeness (QED) is 0.342. The van der Waals surface area contributed by atoms with Crippen LogP contribution in [0.15, 0.2) is 80.1 Å². The highest BCUT2D eigenvalue weighted by Gasteiger charge is 2.34. The molecule has 0 fully saturated rings. The number of esters is 1. The lowest BCUT2D eigenvalue weighted by Gasteiger charge is -2.24. The molecule has 192 valence electrons. The van der Waals surface area contributed by atoms with Gasteiger partial charge in [-0.15, -0.1) is 0 Å². The smallest absolute Gasteiger partial charge is 0.338 e. The third-order valence-electron chi connectivity index (χ3n) is 6.26. The normalized spacial score (nSPS) is 16.4. The van der Waals surface area contributed by atoms with Crippen LogP contribution in [-0.2, 0) is 9.53 Å². The molecule has 10 heteroatoms. The maximum absolute atomic E-state index is 13.8. The fraction of sp³-hybridized carbons (Fsp3) is 0.179. The molecule has 2 aliphatic heterocycles. The molecule has 6 rings (SSSR count). The SMILES string of the molecule is CCOC(=O)C1=C(C)N=c2s/c(=C/c3ccc(-c4ccc(Cl)cc4)o3)c(=O)n2C1c1ccc2c(c1)OCO2. The van der Waals surface area contributed by atoms with Crippen molar-refractivity contribution >= 4 is 35.0 Å². The van der Waals surface area contributed by atoms with Crippen LogP contribution in [0, 0.1) is 0 Å². The van der Waals surface area contributed by atoms with Crippen molar-refractivity contribution in [3.63, 3.8) is 0 Å². The van der Waals surface area contributed by atoms with Gasteiger partial charge >= 0.3 is 5.97 Å². The van der Waals surface area contributed by atoms with Crippen LogP contribution in [0.3, 0.4) is 0 Å². The number of rotatable bonds is 5. The van der Waals surface area contributed by atoms with Crippen molar-refractivity contribution in [2.75, 3.05) is 13.4 Å². The summed E-state index contributed by atoms with van der Waals surface area (Å²) in [4.78, 5) is 31.9. The largest absolute Gasteiger partial charge is 0.463 e. The van der Waals surface area contributed by atoms with Gasteiger partial charge in [-0.05, 0) is 67.9 Å². The van der Waals surface area contributed by atoms with Crippen LogP contribution in [0.2, 0.25) is 5.02 Å². The number of hydrogen-bond acceptors (Lipinski definition) is 8. The number of benzene rings is 2. The zero-order valence-corrected chi connectivity index (χ0v) is 22.0. The molecule has 2 aromatic heterocycles. The number of aromatic nitrogens is 1. The lowest BCUT2D eigenvalue weighted by Crippen LogP contribution is -2.39. The van der Waals surface area contributed by atoms with Crippen molar-refractivity contribution in [2.24, 2.45) is 4.99 Å². The minimum Gasteiger partial charge on any atom is -0.463 e. The number of fused-ring (bicyclic) bond motifs is 2. The summed E-state index contributed by atoms with van der Waals surface area (Å²) in [5.74, 6) is 1.80. The van der Waals surface area contributed by atoms with E-state index in [0.717, 1.165) is 5.56 Å². The molecule has 0 saturated carbocycles. The van der Waals surface area contributed by atoms with Gasteiger partial charge < -0.3 is 18.6 Å². The van der Waals surface area contributed by atoms with E-state index in [0.29, 0.717) is 54.2 Å². The zero-order chi connectivity index (χ0) is 26.4. The average Bonchev–Trinajstić information content (AvgIpc) is 3.63. The van der Waals surface area contributed by atoms with Crippen molar-refractivity contribution in [1.29, 1.82) is 0 Å². The van der Waals surface area contributed by atoms with Gasteiger partial charge in [0, 0.05) is 16.7 Å². The Hall–Kier alpha value is -4.08. The standard InChI is InChI=1S/C28H21ClN2O6S/c1-3-34-27(33)24-15(2)30-28-31(25(24)17-6-10-21-22(12-17)36-14-35-21)26(32)23(38-28)13-19-9-11-20(37-19)16-4-7-18(29)8-5-16/h4-13,25H,3,14H2,1-2H3/b23-13+. The van der Waals surface area contributed by atoms with Crippen molar-refractivity contribution < 1.29 is 23.4 Å². The number of halogens is 1. The van der Waals surface area contributed by atoms with Crippen molar-refractivity contribution in [3.05, 3.63) is 102 Å². The first-order valence-electron chi connectivity index (χ1n) is 11.9. The number of nitrogens with zero attached hydrogens (tertiary/aromatic N) is 2. The first-order valence-corrected chi connectivity index (χ1v) is 13.1. The molecule has 38 heavy (non-hydrogen) atoms. The van der Waals surface area contributed by atoms with Crippen LogP contribution in [0.4, 0.5) is 0 Å². The van der Waals surface area contributed by atoms with E-state index in [2.05, 4.69) is 4.99 Å². The first-order chi connectivity index (χ1) is 18.4. The fourth-order valence-electron chi connectivity index (χ4n) is 4.52. The second-order valence-electron chi connectivity index (χ2n) is 8.62. The molecule has 1 unspecified atom stereocenters. The van der Waals surface area contributed by atoms with E-state index in [1.54, 1.807) is 50.3 Å². The van der Waals surface area contributed by atoms with Gasteiger partial charge in [0.1, 0.15) is 11.5 Å². The Morgan fingerprint density at radius 3 is 2.74 bits per heavy atom. The van der Waals surface area contributed by atoms with Crippen molar-refractivity contribution in [3.8, 4) is 22.8 Å². The Labute approximate surface area is 225 Å².